The molecule has 7 heteroatoms. The van der Waals surface area contributed by atoms with E-state index >= 15 is 0 Å². The quantitative estimate of drug-likeness (QED) is 0.652. The predicted octanol–water partition coefficient (Wildman–Crippen LogP) is 3.35. The van der Waals surface area contributed by atoms with E-state index in [-0.39, 0.29) is 12.3 Å². The number of fused-ring (bicyclic) bond motifs is 1. The van der Waals surface area contributed by atoms with Gasteiger partial charge in [0.05, 0.1) is 26.7 Å². The van der Waals surface area contributed by atoms with Crippen LogP contribution in [0.4, 0.5) is 4.39 Å². The Balaban J connectivity index is 1.84. The number of halogens is 1. The zero-order valence-corrected chi connectivity index (χ0v) is 14.9. The molecule has 2 N–H and O–H groups in total. The van der Waals surface area contributed by atoms with Gasteiger partial charge in [-0.15, -0.1) is 0 Å². The second kappa shape index (κ2) is 7.90. The van der Waals surface area contributed by atoms with E-state index in [1.165, 1.54) is 31.4 Å². The lowest BCUT2D eigenvalue weighted by Crippen LogP contribution is -2.30. The van der Waals surface area contributed by atoms with E-state index in [2.05, 4.69) is 10.3 Å². The molecule has 0 aliphatic rings. The Morgan fingerprint density at radius 2 is 1.85 bits per heavy atom. The highest BCUT2D eigenvalue weighted by molar-refractivity contribution is 5.98. The lowest BCUT2D eigenvalue weighted by atomic mass is 10.0. The highest BCUT2D eigenvalue weighted by Gasteiger charge is 2.21. The normalized spacial score (nSPS) is 11.8. The fraction of sp³-hybridized carbons (Fsp3) is 0.200. The third-order valence-electron chi connectivity index (χ3n) is 4.25. The molecule has 0 saturated heterocycles. The molecule has 2 aromatic carbocycles. The molecule has 1 heterocycles. The molecule has 0 aliphatic heterocycles. The standard InChI is InChI=1S/C20H19FN2O4/c1-26-15-8-5-13-9-18(22-16(13)10-15)20(25)23-17(11-19(24)27-2)12-3-6-14(21)7-4-12/h3-10,17,22H,11H2,1-2H3,(H,23,25)/t17-/m0/s1. The molecular formula is C20H19FN2O4. The van der Waals surface area contributed by atoms with Crippen molar-refractivity contribution in [2.75, 3.05) is 14.2 Å². The van der Waals surface area contributed by atoms with Crippen molar-refractivity contribution in [1.29, 1.82) is 0 Å². The Bertz CT molecular complexity index is 966. The van der Waals surface area contributed by atoms with Crippen LogP contribution in [0, 0.1) is 5.82 Å². The number of rotatable bonds is 6. The van der Waals surface area contributed by atoms with Crippen molar-refractivity contribution in [2.45, 2.75) is 12.5 Å². The maximum Gasteiger partial charge on any atom is 0.307 e. The van der Waals surface area contributed by atoms with Crippen LogP contribution in [0.15, 0.2) is 48.5 Å². The number of ether oxygens (including phenoxy) is 2. The molecule has 0 unspecified atom stereocenters. The number of hydrogen-bond donors (Lipinski definition) is 2. The summed E-state index contributed by atoms with van der Waals surface area (Å²) < 4.78 is 23.1. The third-order valence-corrected chi connectivity index (χ3v) is 4.25. The Morgan fingerprint density at radius 3 is 2.52 bits per heavy atom. The van der Waals surface area contributed by atoms with E-state index in [1.54, 1.807) is 25.3 Å². The number of hydrogen-bond acceptors (Lipinski definition) is 4. The van der Waals surface area contributed by atoms with E-state index in [0.29, 0.717) is 17.0 Å². The van der Waals surface area contributed by atoms with E-state index in [1.807, 2.05) is 6.07 Å². The van der Waals surface area contributed by atoms with Gasteiger partial charge in [0, 0.05) is 17.0 Å². The molecule has 1 amide bonds. The largest absolute Gasteiger partial charge is 0.497 e. The highest BCUT2D eigenvalue weighted by atomic mass is 19.1. The number of carbonyl (C=O) groups is 2. The van der Waals surface area contributed by atoms with Crippen molar-refractivity contribution in [2.24, 2.45) is 0 Å². The van der Waals surface area contributed by atoms with Crippen LogP contribution in [0.25, 0.3) is 10.9 Å². The summed E-state index contributed by atoms with van der Waals surface area (Å²) in [5, 5.41) is 3.65. The van der Waals surface area contributed by atoms with Crippen molar-refractivity contribution >= 4 is 22.8 Å². The fourth-order valence-electron chi connectivity index (χ4n) is 2.79. The van der Waals surface area contributed by atoms with Crippen molar-refractivity contribution in [3.05, 3.63) is 65.6 Å². The minimum absolute atomic E-state index is 0.0675. The van der Waals surface area contributed by atoms with Crippen LogP contribution in [-0.2, 0) is 9.53 Å². The van der Waals surface area contributed by atoms with Gasteiger partial charge in [0.15, 0.2) is 0 Å². The summed E-state index contributed by atoms with van der Waals surface area (Å²) in [6, 6.07) is 12.1. The zero-order chi connectivity index (χ0) is 19.4. The van der Waals surface area contributed by atoms with Gasteiger partial charge in [0.2, 0.25) is 0 Å². The Kier molecular flexibility index (Phi) is 5.40. The van der Waals surface area contributed by atoms with E-state index in [9.17, 15) is 14.0 Å². The van der Waals surface area contributed by atoms with Gasteiger partial charge in [-0.2, -0.15) is 0 Å². The molecule has 3 aromatic rings. The summed E-state index contributed by atoms with van der Waals surface area (Å²) in [5.74, 6) is -0.591. The molecule has 0 radical (unpaired) electrons. The summed E-state index contributed by atoms with van der Waals surface area (Å²) in [5.41, 5.74) is 1.70. The van der Waals surface area contributed by atoms with Crippen LogP contribution in [0.1, 0.15) is 28.5 Å². The average molecular weight is 370 g/mol. The molecule has 0 saturated carbocycles. The summed E-state index contributed by atoms with van der Waals surface area (Å²) in [6.07, 6.45) is -0.0675. The zero-order valence-electron chi connectivity index (χ0n) is 14.9. The van der Waals surface area contributed by atoms with Crippen molar-refractivity contribution in [1.82, 2.24) is 10.3 Å². The third kappa shape index (κ3) is 4.25. The smallest absolute Gasteiger partial charge is 0.307 e. The van der Waals surface area contributed by atoms with Crippen LogP contribution in [0.5, 0.6) is 5.75 Å². The molecule has 6 nitrogen and oxygen atoms in total. The number of benzene rings is 2. The maximum atomic E-state index is 13.2. The van der Waals surface area contributed by atoms with Crippen LogP contribution in [0.2, 0.25) is 0 Å². The van der Waals surface area contributed by atoms with Gasteiger partial charge >= 0.3 is 5.97 Å². The molecule has 3 rings (SSSR count). The number of H-pyrrole nitrogens is 1. The van der Waals surface area contributed by atoms with Gasteiger partial charge in [-0.05, 0) is 35.9 Å². The molecule has 1 atom stereocenters. The van der Waals surface area contributed by atoms with Crippen LogP contribution in [0.3, 0.4) is 0 Å². The van der Waals surface area contributed by atoms with Crippen LogP contribution >= 0.6 is 0 Å². The van der Waals surface area contributed by atoms with Gasteiger partial charge < -0.3 is 19.8 Å². The number of esters is 1. The first-order valence-corrected chi connectivity index (χ1v) is 8.30. The van der Waals surface area contributed by atoms with Gasteiger partial charge in [0.1, 0.15) is 17.3 Å². The topological polar surface area (TPSA) is 80.4 Å². The first kappa shape index (κ1) is 18.4. The molecule has 0 aliphatic carbocycles. The van der Waals surface area contributed by atoms with Crippen LogP contribution in [-0.4, -0.2) is 31.1 Å². The number of carbonyl (C=O) groups excluding carboxylic acids is 2. The lowest BCUT2D eigenvalue weighted by Gasteiger charge is -2.18. The van der Waals surface area contributed by atoms with E-state index < -0.39 is 17.8 Å². The van der Waals surface area contributed by atoms with Crippen LogP contribution < -0.4 is 10.1 Å². The summed E-state index contributed by atoms with van der Waals surface area (Å²) in [7, 11) is 2.84. The molecule has 140 valence electrons. The van der Waals surface area contributed by atoms with Crippen molar-refractivity contribution < 1.29 is 23.5 Å². The number of aromatic amines is 1. The predicted molar refractivity (Wildman–Crippen MR) is 98.1 cm³/mol. The van der Waals surface area contributed by atoms with E-state index in [0.717, 1.165) is 10.9 Å². The number of amides is 1. The summed E-state index contributed by atoms with van der Waals surface area (Å²) in [6.45, 7) is 0. The first-order chi connectivity index (χ1) is 13.0. The second-order valence-corrected chi connectivity index (χ2v) is 5.99. The summed E-state index contributed by atoms with van der Waals surface area (Å²) in [4.78, 5) is 27.4. The molecule has 0 fully saturated rings. The number of aromatic nitrogens is 1. The van der Waals surface area contributed by atoms with E-state index in [4.69, 9.17) is 9.47 Å². The molecule has 0 spiro atoms. The lowest BCUT2D eigenvalue weighted by molar-refractivity contribution is -0.141. The van der Waals surface area contributed by atoms with Gasteiger partial charge in [0.25, 0.3) is 5.91 Å². The summed E-state index contributed by atoms with van der Waals surface area (Å²) >= 11 is 0. The van der Waals surface area contributed by atoms with Crippen molar-refractivity contribution in [3.8, 4) is 5.75 Å². The Morgan fingerprint density at radius 1 is 1.11 bits per heavy atom. The molecule has 1 aromatic heterocycles. The minimum Gasteiger partial charge on any atom is -0.497 e. The Hall–Kier alpha value is -3.35. The minimum atomic E-state index is -0.647. The van der Waals surface area contributed by atoms with Crippen molar-refractivity contribution in [3.63, 3.8) is 0 Å². The monoisotopic (exact) mass is 370 g/mol. The molecule has 27 heavy (non-hydrogen) atoms. The molecular weight excluding hydrogens is 351 g/mol. The van der Waals surface area contributed by atoms with Gasteiger partial charge in [-0.25, -0.2) is 4.39 Å². The van der Waals surface area contributed by atoms with Gasteiger partial charge in [-0.1, -0.05) is 12.1 Å². The SMILES string of the molecule is COC(=O)C[C@H](NC(=O)c1cc2ccc(OC)cc2[nH]1)c1ccc(F)cc1. The average Bonchev–Trinajstić information content (AvgIpc) is 3.11. The number of nitrogens with one attached hydrogen (secondary N) is 2. The first-order valence-electron chi connectivity index (χ1n) is 8.30. The second-order valence-electron chi connectivity index (χ2n) is 5.99. The maximum absolute atomic E-state index is 13.2. The fourth-order valence-corrected chi connectivity index (χ4v) is 2.79. The highest BCUT2D eigenvalue weighted by Crippen LogP contribution is 2.23. The number of methoxy groups -OCH3 is 2. The molecule has 0 bridgehead atoms. The van der Waals surface area contributed by atoms with Gasteiger partial charge in [-0.3, -0.25) is 9.59 Å². The Labute approximate surface area is 155 Å².